The van der Waals surface area contributed by atoms with Crippen molar-refractivity contribution in [2.45, 2.75) is 38.6 Å². The van der Waals surface area contributed by atoms with E-state index in [0.29, 0.717) is 12.6 Å². The van der Waals surface area contributed by atoms with E-state index in [1.165, 1.54) is 12.8 Å². The molecule has 0 aromatic heterocycles. The highest BCUT2D eigenvalue weighted by molar-refractivity contribution is 5.78. The maximum atomic E-state index is 11.4. The second-order valence-electron chi connectivity index (χ2n) is 4.15. The molecule has 0 spiro atoms. The number of carbonyl (C=O) groups is 1. The molecule has 1 heterocycles. The van der Waals surface area contributed by atoms with Gasteiger partial charge in [0.05, 0.1) is 6.54 Å². The molecule has 1 amide bonds. The lowest BCUT2D eigenvalue weighted by Crippen LogP contribution is -2.39. The third kappa shape index (κ3) is 4.18. The summed E-state index contributed by atoms with van der Waals surface area (Å²) in [4.78, 5) is 13.7. The molecule has 0 saturated carbocycles. The van der Waals surface area contributed by atoms with Crippen LogP contribution in [0, 0.1) is 0 Å². The number of nitrogens with two attached hydrogens (primary N) is 1. The fraction of sp³-hybridized carbons (Fsp3) is 0.909. The van der Waals surface area contributed by atoms with Gasteiger partial charge in [-0.05, 0) is 45.7 Å². The molecule has 0 radical (unpaired) electrons. The van der Waals surface area contributed by atoms with Crippen LogP contribution in [-0.2, 0) is 4.79 Å². The van der Waals surface area contributed by atoms with E-state index in [4.69, 9.17) is 5.73 Å². The molecule has 4 nitrogen and oxygen atoms in total. The number of nitrogens with one attached hydrogen (secondary N) is 1. The highest BCUT2D eigenvalue weighted by Crippen LogP contribution is 2.20. The van der Waals surface area contributed by atoms with Crippen LogP contribution < -0.4 is 11.1 Å². The molecule has 88 valence electrons. The highest BCUT2D eigenvalue weighted by atomic mass is 16.2. The molecule has 0 aromatic carbocycles. The van der Waals surface area contributed by atoms with E-state index in [0.717, 1.165) is 32.5 Å². The van der Waals surface area contributed by atoms with Gasteiger partial charge in [0.1, 0.15) is 0 Å². The second-order valence-corrected chi connectivity index (χ2v) is 4.15. The standard InChI is InChI=1S/C11H23N3O/c1-2-13-11(15)9-14-8-4-6-10(14)5-3-7-12/h10H,2-9,12H2,1H3,(H,13,15). The van der Waals surface area contributed by atoms with Gasteiger partial charge in [-0.2, -0.15) is 0 Å². The van der Waals surface area contributed by atoms with E-state index in [2.05, 4.69) is 10.2 Å². The lowest BCUT2D eigenvalue weighted by atomic mass is 10.1. The molecule has 0 aliphatic carbocycles. The summed E-state index contributed by atoms with van der Waals surface area (Å²) in [6.07, 6.45) is 4.64. The van der Waals surface area contributed by atoms with Crippen LogP contribution in [0.25, 0.3) is 0 Å². The zero-order valence-corrected chi connectivity index (χ0v) is 9.67. The van der Waals surface area contributed by atoms with Gasteiger partial charge in [-0.15, -0.1) is 0 Å². The smallest absolute Gasteiger partial charge is 0.234 e. The number of likely N-dealkylation sites (tertiary alicyclic amines) is 1. The maximum absolute atomic E-state index is 11.4. The van der Waals surface area contributed by atoms with Crippen molar-refractivity contribution in [1.29, 1.82) is 0 Å². The summed E-state index contributed by atoms with van der Waals surface area (Å²) in [5.74, 6) is 0.150. The van der Waals surface area contributed by atoms with Crippen LogP contribution in [0.2, 0.25) is 0 Å². The molecule has 1 fully saturated rings. The Morgan fingerprint density at radius 1 is 1.60 bits per heavy atom. The Bertz CT molecular complexity index is 196. The minimum atomic E-state index is 0.150. The van der Waals surface area contributed by atoms with Crippen molar-refractivity contribution in [3.63, 3.8) is 0 Å². The van der Waals surface area contributed by atoms with E-state index in [1.807, 2.05) is 6.92 Å². The number of carbonyl (C=O) groups excluding carboxylic acids is 1. The molecule has 1 atom stereocenters. The summed E-state index contributed by atoms with van der Waals surface area (Å²) < 4.78 is 0. The third-order valence-corrected chi connectivity index (χ3v) is 2.96. The van der Waals surface area contributed by atoms with E-state index in [-0.39, 0.29) is 5.91 Å². The van der Waals surface area contributed by atoms with Crippen molar-refractivity contribution in [1.82, 2.24) is 10.2 Å². The quantitative estimate of drug-likeness (QED) is 0.668. The number of nitrogens with zero attached hydrogens (tertiary/aromatic N) is 1. The van der Waals surface area contributed by atoms with Gasteiger partial charge in [0, 0.05) is 12.6 Å². The Balaban J connectivity index is 2.29. The summed E-state index contributed by atoms with van der Waals surface area (Å²) in [6.45, 7) is 5.05. The third-order valence-electron chi connectivity index (χ3n) is 2.96. The average molecular weight is 213 g/mol. The largest absolute Gasteiger partial charge is 0.355 e. The summed E-state index contributed by atoms with van der Waals surface area (Å²) >= 11 is 0. The number of likely N-dealkylation sites (N-methyl/N-ethyl adjacent to an activating group) is 1. The lowest BCUT2D eigenvalue weighted by molar-refractivity contribution is -0.122. The zero-order valence-electron chi connectivity index (χ0n) is 9.67. The van der Waals surface area contributed by atoms with E-state index >= 15 is 0 Å². The van der Waals surface area contributed by atoms with Crippen LogP contribution in [0.5, 0.6) is 0 Å². The molecule has 1 unspecified atom stereocenters. The number of hydrogen-bond donors (Lipinski definition) is 2. The van der Waals surface area contributed by atoms with Gasteiger partial charge in [0.15, 0.2) is 0 Å². The fourth-order valence-electron chi connectivity index (χ4n) is 2.22. The first kappa shape index (κ1) is 12.5. The Morgan fingerprint density at radius 3 is 3.07 bits per heavy atom. The monoisotopic (exact) mass is 213 g/mol. The van der Waals surface area contributed by atoms with E-state index in [9.17, 15) is 4.79 Å². The lowest BCUT2D eigenvalue weighted by Gasteiger charge is -2.23. The molecule has 1 rings (SSSR count). The molecule has 3 N–H and O–H groups in total. The molecule has 4 heteroatoms. The van der Waals surface area contributed by atoms with Gasteiger partial charge in [0.2, 0.25) is 5.91 Å². The second kappa shape index (κ2) is 6.80. The Kier molecular flexibility index (Phi) is 5.65. The predicted octanol–water partition coefficient (Wildman–Crippen LogP) is 0.326. The van der Waals surface area contributed by atoms with E-state index in [1.54, 1.807) is 0 Å². The van der Waals surface area contributed by atoms with Crippen LogP contribution in [0.3, 0.4) is 0 Å². The number of hydrogen-bond acceptors (Lipinski definition) is 3. The summed E-state index contributed by atoms with van der Waals surface area (Å²) in [6, 6.07) is 0.580. The van der Waals surface area contributed by atoms with Crippen LogP contribution >= 0.6 is 0 Å². The maximum Gasteiger partial charge on any atom is 0.234 e. The molecule has 0 bridgehead atoms. The Morgan fingerprint density at radius 2 is 2.40 bits per heavy atom. The summed E-state index contributed by atoms with van der Waals surface area (Å²) in [5, 5.41) is 2.84. The van der Waals surface area contributed by atoms with Crippen molar-refractivity contribution in [3.05, 3.63) is 0 Å². The molecule has 0 aromatic rings. The first-order valence-electron chi connectivity index (χ1n) is 5.98. The summed E-state index contributed by atoms with van der Waals surface area (Å²) in [5.41, 5.74) is 5.50. The van der Waals surface area contributed by atoms with Crippen molar-refractivity contribution in [3.8, 4) is 0 Å². The molecular formula is C11H23N3O. The molecule has 15 heavy (non-hydrogen) atoms. The summed E-state index contributed by atoms with van der Waals surface area (Å²) in [7, 11) is 0. The first-order chi connectivity index (χ1) is 7.27. The topological polar surface area (TPSA) is 58.4 Å². The molecule has 1 aliphatic rings. The molecular weight excluding hydrogens is 190 g/mol. The van der Waals surface area contributed by atoms with Gasteiger partial charge in [-0.3, -0.25) is 9.69 Å². The van der Waals surface area contributed by atoms with Crippen molar-refractivity contribution in [2.75, 3.05) is 26.2 Å². The average Bonchev–Trinajstić information content (AvgIpc) is 2.63. The Hall–Kier alpha value is -0.610. The number of amides is 1. The SMILES string of the molecule is CCNC(=O)CN1CCCC1CCCN. The van der Waals surface area contributed by atoms with Crippen molar-refractivity contribution in [2.24, 2.45) is 5.73 Å². The van der Waals surface area contributed by atoms with Gasteiger partial charge in [-0.1, -0.05) is 0 Å². The fourth-order valence-corrected chi connectivity index (χ4v) is 2.22. The molecule has 1 saturated heterocycles. The van der Waals surface area contributed by atoms with Crippen LogP contribution in [0.1, 0.15) is 32.6 Å². The first-order valence-corrected chi connectivity index (χ1v) is 5.98. The van der Waals surface area contributed by atoms with Crippen LogP contribution in [-0.4, -0.2) is 43.0 Å². The van der Waals surface area contributed by atoms with Crippen molar-refractivity contribution >= 4 is 5.91 Å². The number of rotatable bonds is 6. The van der Waals surface area contributed by atoms with Gasteiger partial charge in [-0.25, -0.2) is 0 Å². The Labute approximate surface area is 92.2 Å². The van der Waals surface area contributed by atoms with Crippen LogP contribution in [0.4, 0.5) is 0 Å². The van der Waals surface area contributed by atoms with Crippen LogP contribution in [0.15, 0.2) is 0 Å². The predicted molar refractivity (Wildman–Crippen MR) is 61.6 cm³/mol. The highest BCUT2D eigenvalue weighted by Gasteiger charge is 2.25. The molecule has 1 aliphatic heterocycles. The van der Waals surface area contributed by atoms with Crippen molar-refractivity contribution < 1.29 is 4.79 Å². The van der Waals surface area contributed by atoms with Gasteiger partial charge < -0.3 is 11.1 Å². The normalized spacial score (nSPS) is 21.9. The zero-order chi connectivity index (χ0) is 11.1. The minimum absolute atomic E-state index is 0.150. The van der Waals surface area contributed by atoms with Gasteiger partial charge >= 0.3 is 0 Å². The van der Waals surface area contributed by atoms with Gasteiger partial charge in [0.25, 0.3) is 0 Å². The van der Waals surface area contributed by atoms with E-state index < -0.39 is 0 Å². The minimum Gasteiger partial charge on any atom is -0.355 e.